The van der Waals surface area contributed by atoms with Crippen LogP contribution in [0, 0.1) is 5.92 Å². The monoisotopic (exact) mass is 1630 g/mol. The maximum atomic E-state index is 13.2. The van der Waals surface area contributed by atoms with Crippen molar-refractivity contribution in [3.05, 3.63) is 0 Å². The number of rotatable bonds is 86. The van der Waals surface area contributed by atoms with E-state index in [9.17, 15) is 44.1 Å². The van der Waals surface area contributed by atoms with Crippen molar-refractivity contribution < 1.29 is 167 Å². The summed E-state index contributed by atoms with van der Waals surface area (Å²) in [5.41, 5.74) is -0.851. The number of amides is 4. The van der Waals surface area contributed by atoms with Crippen LogP contribution >= 0.6 is 0 Å². The summed E-state index contributed by atoms with van der Waals surface area (Å²) < 4.78 is 143. The molecule has 0 aromatic carbocycles. The zero-order valence-corrected chi connectivity index (χ0v) is 67.3. The van der Waals surface area contributed by atoms with Gasteiger partial charge < -0.3 is 160 Å². The summed E-state index contributed by atoms with van der Waals surface area (Å²) in [5.74, 6) is -3.87. The van der Waals surface area contributed by atoms with Gasteiger partial charge in [-0.05, 0) is 27.7 Å². The highest BCUT2D eigenvalue weighted by atomic mass is 16.6. The van der Waals surface area contributed by atoms with Crippen LogP contribution in [0.5, 0.6) is 0 Å². The zero-order chi connectivity index (χ0) is 81.5. The molecule has 4 amide bonds. The van der Waals surface area contributed by atoms with Crippen molar-refractivity contribution in [1.29, 1.82) is 0 Å². The number of aliphatic hydroxyl groups excluding tert-OH is 3. The molecule has 5 unspecified atom stereocenters. The standard InChI is InChI=1S/C73H138N4O35/c1-61(79)6-10-87-14-18-91-22-26-95-30-34-99-38-42-103-46-50-107-54-56-109-52-48-105-44-40-101-36-32-97-28-24-93-20-16-89-12-8-74-65(81)7-11-88-15-19-92-23-27-96-31-35-100-39-43-104-47-51-108-55-57-110-53-49-106-45-41-102-37-33-98-29-25-94-21-17-90-13-9-75-71(86)63(59-67(83)112-73(3,4)5)58-66(82)77-72-68(76-62(2)80)70(85)69(84)64(60-78)111-72/h63-64,68-70,72,78,84-85H,6-60H2,1-5H3,(H,74,81)(H,75,86)(H,76,80)(H,77,82)/t63-,64?,68?,69?,70?,72?/m1/s1. The number of aliphatic hydroxyl groups is 3. The van der Waals surface area contributed by atoms with Crippen LogP contribution in [0.3, 0.4) is 0 Å². The lowest BCUT2D eigenvalue weighted by Gasteiger charge is -2.42. The lowest BCUT2D eigenvalue weighted by atomic mass is 9.95. The van der Waals surface area contributed by atoms with Crippen LogP contribution < -0.4 is 21.3 Å². The number of esters is 1. The van der Waals surface area contributed by atoms with Crippen molar-refractivity contribution in [2.45, 2.75) is 96.5 Å². The van der Waals surface area contributed by atoms with E-state index < -0.39 is 85.2 Å². The maximum absolute atomic E-state index is 13.2. The molecule has 0 radical (unpaired) electrons. The second-order valence-electron chi connectivity index (χ2n) is 25.3. The average molecular weight is 1630 g/mol. The number of Topliss-reactive ketones (excluding diaryl/α,β-unsaturated/α-hetero) is 1. The fourth-order valence-corrected chi connectivity index (χ4v) is 9.08. The SMILES string of the molecule is CC(=O)CCOCCOCCOCCOCCOCCOCCOCCOCCOCCOCCOCCOCCNC(=O)CCOCCOCCOCCOCCOCCOCCOCCOCCOCCOCCOCCOCCNC(=O)[C@H](CC(=O)NC1OC(CO)C(O)C(O)C1NC(C)=O)CC(=O)OC(C)(C)C. The molecule has 1 heterocycles. The van der Waals surface area contributed by atoms with E-state index in [0.29, 0.717) is 304 Å². The van der Waals surface area contributed by atoms with E-state index in [1.165, 1.54) is 6.92 Å². The number of carbonyl (C=O) groups excluding carboxylic acids is 6. The van der Waals surface area contributed by atoms with Gasteiger partial charge in [0, 0.05) is 39.3 Å². The summed E-state index contributed by atoms with van der Waals surface area (Å²) in [4.78, 5) is 73.8. The Balaban J connectivity index is 1.76. The Hall–Kier alpha value is -4.10. The third kappa shape index (κ3) is 72.4. The summed E-state index contributed by atoms with van der Waals surface area (Å²) >= 11 is 0. The van der Waals surface area contributed by atoms with E-state index in [-0.39, 0.29) is 51.1 Å². The van der Waals surface area contributed by atoms with Crippen LogP contribution in [-0.4, -0.2) is 424 Å². The highest BCUT2D eigenvalue weighted by molar-refractivity contribution is 5.89. The molecule has 0 aromatic heterocycles. The van der Waals surface area contributed by atoms with Gasteiger partial charge in [0.15, 0.2) is 6.23 Å². The first-order valence-electron chi connectivity index (χ1n) is 38.8. The molecular weight excluding hydrogens is 1490 g/mol. The maximum Gasteiger partial charge on any atom is 0.307 e. The molecule has 0 saturated carbocycles. The predicted octanol–water partition coefficient (Wildman–Crippen LogP) is -2.22. The van der Waals surface area contributed by atoms with E-state index in [1.807, 2.05) is 0 Å². The predicted molar refractivity (Wildman–Crippen MR) is 398 cm³/mol. The van der Waals surface area contributed by atoms with Crippen molar-refractivity contribution in [3.63, 3.8) is 0 Å². The molecule has 1 aliphatic rings. The van der Waals surface area contributed by atoms with Crippen LogP contribution in [0.2, 0.25) is 0 Å². The van der Waals surface area contributed by atoms with Crippen LogP contribution in [0.1, 0.15) is 60.3 Å². The Bertz CT molecular complexity index is 2170. The van der Waals surface area contributed by atoms with Crippen molar-refractivity contribution in [3.8, 4) is 0 Å². The van der Waals surface area contributed by atoms with Crippen LogP contribution in [0.25, 0.3) is 0 Å². The van der Waals surface area contributed by atoms with Crippen LogP contribution in [0.15, 0.2) is 0 Å². The molecule has 1 saturated heterocycles. The largest absolute Gasteiger partial charge is 0.460 e. The van der Waals surface area contributed by atoms with E-state index >= 15 is 0 Å². The Morgan fingerprint density at radius 1 is 0.330 bits per heavy atom. The van der Waals surface area contributed by atoms with Gasteiger partial charge in [0.25, 0.3) is 0 Å². The van der Waals surface area contributed by atoms with Gasteiger partial charge in [0.2, 0.25) is 23.6 Å². The van der Waals surface area contributed by atoms with E-state index in [1.54, 1.807) is 27.7 Å². The molecule has 39 heteroatoms. The highest BCUT2D eigenvalue weighted by Gasteiger charge is 2.45. The second-order valence-corrected chi connectivity index (χ2v) is 25.3. The number of hydrogen-bond donors (Lipinski definition) is 7. The normalized spacial score (nSPS) is 16.1. The molecule has 6 atom stereocenters. The van der Waals surface area contributed by atoms with Gasteiger partial charge in [-0.15, -0.1) is 0 Å². The molecule has 660 valence electrons. The van der Waals surface area contributed by atoms with Gasteiger partial charge in [-0.1, -0.05) is 0 Å². The number of ether oxygens (including phenoxy) is 26. The first kappa shape index (κ1) is 106. The lowest BCUT2D eigenvalue weighted by Crippen LogP contribution is -2.68. The summed E-state index contributed by atoms with van der Waals surface area (Å²) in [6.45, 7) is 27.4. The topological polar surface area (TPSA) is 451 Å². The molecule has 1 rings (SSSR count). The molecule has 112 heavy (non-hydrogen) atoms. The fraction of sp³-hybridized carbons (Fsp3) is 0.918. The smallest absolute Gasteiger partial charge is 0.307 e. The first-order chi connectivity index (χ1) is 54.5. The van der Waals surface area contributed by atoms with Gasteiger partial charge in [-0.2, -0.15) is 0 Å². The Morgan fingerprint density at radius 3 is 0.848 bits per heavy atom. The van der Waals surface area contributed by atoms with E-state index in [0.717, 1.165) is 0 Å². The minimum atomic E-state index is -1.60. The second kappa shape index (κ2) is 79.4. The first-order valence-corrected chi connectivity index (χ1v) is 38.8. The minimum absolute atomic E-state index is 0.0601. The molecule has 0 bridgehead atoms. The molecule has 7 N–H and O–H groups in total. The van der Waals surface area contributed by atoms with Gasteiger partial charge in [0.05, 0.1) is 336 Å². The fourth-order valence-electron chi connectivity index (χ4n) is 9.08. The molecule has 0 aromatic rings. The highest BCUT2D eigenvalue weighted by Crippen LogP contribution is 2.22. The molecule has 1 aliphatic heterocycles. The van der Waals surface area contributed by atoms with Crippen molar-refractivity contribution in [2.24, 2.45) is 5.92 Å². The van der Waals surface area contributed by atoms with Crippen LogP contribution in [-0.2, 0) is 152 Å². The zero-order valence-electron chi connectivity index (χ0n) is 67.3. The van der Waals surface area contributed by atoms with Crippen LogP contribution in [0.4, 0.5) is 0 Å². The van der Waals surface area contributed by atoms with E-state index in [4.69, 9.17) is 123 Å². The van der Waals surface area contributed by atoms with Gasteiger partial charge in [-0.3, -0.25) is 28.8 Å². The average Bonchev–Trinajstić information content (AvgIpc) is 0.805. The minimum Gasteiger partial charge on any atom is -0.460 e. The van der Waals surface area contributed by atoms with Crippen molar-refractivity contribution in [1.82, 2.24) is 21.3 Å². The van der Waals surface area contributed by atoms with Crippen molar-refractivity contribution >= 4 is 35.4 Å². The molecule has 0 aliphatic carbocycles. The quantitative estimate of drug-likeness (QED) is 0.0251. The Morgan fingerprint density at radius 2 is 0.589 bits per heavy atom. The number of ketones is 1. The third-order valence-electron chi connectivity index (χ3n) is 14.6. The molecular formula is C73H138N4O35. The Labute approximate surface area is 661 Å². The van der Waals surface area contributed by atoms with Gasteiger partial charge in [0.1, 0.15) is 35.7 Å². The molecule has 0 spiro atoms. The van der Waals surface area contributed by atoms with E-state index in [2.05, 4.69) is 21.3 Å². The summed E-state index contributed by atoms with van der Waals surface area (Å²) in [7, 11) is 0. The summed E-state index contributed by atoms with van der Waals surface area (Å²) in [6, 6.07) is -1.28. The van der Waals surface area contributed by atoms with Gasteiger partial charge in [-0.25, -0.2) is 0 Å². The number of hydrogen-bond acceptors (Lipinski definition) is 35. The number of carbonyl (C=O) groups is 6. The van der Waals surface area contributed by atoms with Crippen molar-refractivity contribution in [2.75, 3.05) is 337 Å². The summed E-state index contributed by atoms with van der Waals surface area (Å²) in [6.07, 6.45) is -6.08. The molecule has 1 fully saturated rings. The number of nitrogens with one attached hydrogen (secondary N) is 4. The third-order valence-corrected chi connectivity index (χ3v) is 14.6. The Kier molecular flexibility index (Phi) is 75.1. The van der Waals surface area contributed by atoms with Gasteiger partial charge >= 0.3 is 5.97 Å². The lowest BCUT2D eigenvalue weighted by molar-refractivity contribution is -0.203. The summed E-state index contributed by atoms with van der Waals surface area (Å²) in [5, 5.41) is 40.8. The molecule has 39 nitrogen and oxygen atoms in total.